The number of hydrogen-bond acceptors (Lipinski definition) is 8. The Hall–Kier alpha value is -1.13. The second-order valence-electron chi connectivity index (χ2n) is 4.12. The van der Waals surface area contributed by atoms with E-state index in [0.29, 0.717) is 5.75 Å². The van der Waals surface area contributed by atoms with Gasteiger partial charge in [-0.05, 0) is 12.1 Å². The summed E-state index contributed by atoms with van der Waals surface area (Å²) in [5.74, 6) is -0.792. The first-order valence-corrected chi connectivity index (χ1v) is 8.06. The molecule has 0 aromatic carbocycles. The molecule has 0 atom stereocenters. The van der Waals surface area contributed by atoms with Crippen LogP contribution < -0.4 is 39.4 Å². The van der Waals surface area contributed by atoms with Gasteiger partial charge in [-0.25, -0.2) is 19.6 Å². The van der Waals surface area contributed by atoms with Gasteiger partial charge in [-0.2, -0.15) is 7.11 Å². The molecule has 0 fully saturated rings. The number of methoxy groups -OCH3 is 3. The van der Waals surface area contributed by atoms with Crippen molar-refractivity contribution in [2.75, 3.05) is 28.4 Å². The Balaban J connectivity index is 0. The van der Waals surface area contributed by atoms with E-state index < -0.39 is 11.9 Å². The summed E-state index contributed by atoms with van der Waals surface area (Å²) in [4.78, 5) is 29.6. The summed E-state index contributed by atoms with van der Waals surface area (Å²) in [5, 5.41) is 8.61. The zero-order chi connectivity index (χ0) is 21.0. The molecule has 2 rings (SSSR count). The molecular weight excluding hydrogens is 446 g/mol. The second-order valence-corrected chi connectivity index (χ2v) is 5.24. The summed E-state index contributed by atoms with van der Waals surface area (Å²) in [6.07, 6.45) is 2.87. The minimum atomic E-state index is -0.585. The van der Waals surface area contributed by atoms with Gasteiger partial charge in [0.2, 0.25) is 0 Å². The van der Waals surface area contributed by atoms with Crippen LogP contribution in [0, 0.1) is 0 Å². The number of ether oxygens (including phenoxy) is 3. The number of pyridine rings is 2. The number of rotatable bonds is 3. The second kappa shape index (κ2) is 15.8. The van der Waals surface area contributed by atoms with Crippen molar-refractivity contribution in [2.45, 2.75) is 0 Å². The topological polar surface area (TPSA) is 111 Å². The van der Waals surface area contributed by atoms with E-state index in [1.165, 1.54) is 45.9 Å². The fourth-order valence-electron chi connectivity index (χ4n) is 1.58. The average Bonchev–Trinajstić information content (AvgIpc) is 2.68. The van der Waals surface area contributed by atoms with E-state index in [4.69, 9.17) is 44.6 Å². The van der Waals surface area contributed by atoms with Gasteiger partial charge in [0.05, 0.1) is 26.4 Å². The summed E-state index contributed by atoms with van der Waals surface area (Å²) in [5.41, 5.74) is 0.248. The molecule has 0 aliphatic carbocycles. The third-order valence-corrected chi connectivity index (χ3v) is 3.61. The van der Waals surface area contributed by atoms with Crippen molar-refractivity contribution in [2.24, 2.45) is 0 Å². The van der Waals surface area contributed by atoms with Gasteiger partial charge in [-0.3, -0.25) is 0 Å². The van der Waals surface area contributed by atoms with Crippen LogP contribution in [0.4, 0.5) is 0 Å². The van der Waals surface area contributed by atoms with Gasteiger partial charge in [-0.15, -0.1) is 0 Å². The first kappa shape index (κ1) is 29.1. The number of aromatic nitrogens is 2. The number of nitrogens with zero attached hydrogens (tertiary/aromatic N) is 2. The van der Waals surface area contributed by atoms with Gasteiger partial charge in [0.25, 0.3) is 0 Å². The smallest absolute Gasteiger partial charge is 0.857 e. The molecular formula is C16H16Cl3N2NaO6. The Morgan fingerprint density at radius 2 is 1.29 bits per heavy atom. The molecule has 0 aliphatic heterocycles. The Morgan fingerprint density at radius 1 is 0.857 bits per heavy atom. The van der Waals surface area contributed by atoms with Crippen LogP contribution in [-0.4, -0.2) is 50.3 Å². The normalized spacial score (nSPS) is 8.71. The Morgan fingerprint density at radius 3 is 1.71 bits per heavy atom. The Bertz CT molecular complexity index is 760. The van der Waals surface area contributed by atoms with E-state index in [-0.39, 0.29) is 56.0 Å². The van der Waals surface area contributed by atoms with Crippen molar-refractivity contribution >= 4 is 46.7 Å². The Kier molecular flexibility index (Phi) is 16.4. The van der Waals surface area contributed by atoms with Crippen molar-refractivity contribution in [1.82, 2.24) is 9.97 Å². The van der Waals surface area contributed by atoms with E-state index >= 15 is 0 Å². The maximum atomic E-state index is 11.2. The molecule has 0 saturated carbocycles. The monoisotopic (exact) mass is 460 g/mol. The molecule has 2 aromatic heterocycles. The van der Waals surface area contributed by atoms with E-state index in [2.05, 4.69) is 19.4 Å². The fourth-order valence-corrected chi connectivity index (χ4v) is 2.31. The molecule has 0 saturated heterocycles. The number of carbonyl (C=O) groups is 2. The van der Waals surface area contributed by atoms with Crippen LogP contribution in [0.1, 0.15) is 20.7 Å². The van der Waals surface area contributed by atoms with E-state index in [1.54, 1.807) is 0 Å². The molecule has 0 unspecified atom stereocenters. The third kappa shape index (κ3) is 8.48. The van der Waals surface area contributed by atoms with Gasteiger partial charge in [0.1, 0.15) is 27.2 Å². The predicted molar refractivity (Wildman–Crippen MR) is 98.7 cm³/mol. The maximum absolute atomic E-state index is 11.2. The van der Waals surface area contributed by atoms with Crippen molar-refractivity contribution in [3.8, 4) is 5.75 Å². The Labute approximate surface area is 199 Å². The zero-order valence-corrected chi connectivity index (χ0v) is 20.1. The van der Waals surface area contributed by atoms with Crippen molar-refractivity contribution in [3.63, 3.8) is 0 Å². The quantitative estimate of drug-likeness (QED) is 0.348. The summed E-state index contributed by atoms with van der Waals surface area (Å²) in [7, 11) is 4.71. The molecule has 12 heteroatoms. The molecule has 0 aliphatic rings. The van der Waals surface area contributed by atoms with Gasteiger partial charge in [-0.1, -0.05) is 34.8 Å². The molecule has 0 N–H and O–H groups in total. The van der Waals surface area contributed by atoms with Crippen LogP contribution >= 0.6 is 34.8 Å². The first-order valence-electron chi connectivity index (χ1n) is 6.93. The van der Waals surface area contributed by atoms with Crippen molar-refractivity contribution in [3.05, 3.63) is 51.0 Å². The van der Waals surface area contributed by atoms with Gasteiger partial charge in [0.15, 0.2) is 0 Å². The van der Waals surface area contributed by atoms with E-state index in [9.17, 15) is 9.59 Å². The van der Waals surface area contributed by atoms with Crippen LogP contribution in [0.25, 0.3) is 0 Å². The molecule has 28 heavy (non-hydrogen) atoms. The van der Waals surface area contributed by atoms with Gasteiger partial charge >= 0.3 is 41.5 Å². The largest absolute Gasteiger partial charge is 1.00 e. The minimum absolute atomic E-state index is 0. The number of hydrogen-bond donors (Lipinski definition) is 0. The SMILES string of the molecule is COC(=O)c1c(Cl)ccnc1Cl.COC(=O)c1c(OC)ccnc1Cl.C[O-].[Na+]. The standard InChI is InChI=1S/C8H8ClNO3.C7H5Cl2NO2.CH3O.Na/c1-12-5-3-4-10-7(9)6(5)8(11)13-2;1-12-7(11)5-4(8)2-3-10-6(5)9;1-2;/h3-4H,1-2H3;2-3H,1H3;1H3;/q;;-1;+1. The van der Waals surface area contributed by atoms with Crippen molar-refractivity contribution in [1.29, 1.82) is 0 Å². The molecule has 0 spiro atoms. The van der Waals surface area contributed by atoms with Crippen LogP contribution in [0.5, 0.6) is 5.75 Å². The molecule has 148 valence electrons. The van der Waals surface area contributed by atoms with Crippen molar-refractivity contribution < 1.29 is 58.5 Å². The molecule has 8 nitrogen and oxygen atoms in total. The molecule has 0 amide bonds. The van der Waals surface area contributed by atoms with Crippen LogP contribution in [0.3, 0.4) is 0 Å². The maximum Gasteiger partial charge on any atom is 1.00 e. The number of esters is 2. The molecule has 2 heterocycles. The van der Waals surface area contributed by atoms with Crippen LogP contribution in [-0.2, 0) is 9.47 Å². The third-order valence-electron chi connectivity index (χ3n) is 2.72. The number of carbonyl (C=O) groups excluding carboxylic acids is 2. The van der Waals surface area contributed by atoms with Gasteiger partial charge in [0, 0.05) is 12.4 Å². The summed E-state index contributed by atoms with van der Waals surface area (Å²) >= 11 is 17.0. The van der Waals surface area contributed by atoms with E-state index in [1.807, 2.05) is 0 Å². The molecule has 0 bridgehead atoms. The predicted octanol–water partition coefficient (Wildman–Crippen LogP) is -0.314. The number of halogens is 3. The molecule has 0 radical (unpaired) electrons. The zero-order valence-electron chi connectivity index (χ0n) is 15.8. The van der Waals surface area contributed by atoms with Crippen LogP contribution in [0.15, 0.2) is 24.5 Å². The first-order chi connectivity index (χ1) is 12.9. The van der Waals surface area contributed by atoms with Crippen LogP contribution in [0.2, 0.25) is 15.3 Å². The summed E-state index contributed by atoms with van der Waals surface area (Å²) in [6.45, 7) is 0. The van der Waals surface area contributed by atoms with E-state index in [0.717, 1.165) is 7.11 Å². The van der Waals surface area contributed by atoms with Gasteiger partial charge < -0.3 is 19.3 Å². The fraction of sp³-hybridized carbons (Fsp3) is 0.250. The molecule has 2 aromatic rings. The average molecular weight is 462 g/mol. The minimum Gasteiger partial charge on any atom is -0.857 e. The summed E-state index contributed by atoms with van der Waals surface area (Å²) < 4.78 is 13.9. The summed E-state index contributed by atoms with van der Waals surface area (Å²) in [6, 6.07) is 3.01.